The first-order chi connectivity index (χ1) is 10.0. The molecule has 0 aromatic carbocycles. The van der Waals surface area contributed by atoms with Crippen molar-refractivity contribution in [3.63, 3.8) is 0 Å². The summed E-state index contributed by atoms with van der Waals surface area (Å²) in [6, 6.07) is 6.67. The van der Waals surface area contributed by atoms with Crippen LogP contribution in [0.4, 0.5) is 4.79 Å². The summed E-state index contributed by atoms with van der Waals surface area (Å²) in [6.07, 6.45) is 1.49. The monoisotopic (exact) mass is 321 g/mol. The van der Waals surface area contributed by atoms with Crippen LogP contribution in [0.15, 0.2) is 35.8 Å². The molecule has 108 valence electrons. The molecule has 0 unspecified atom stereocenters. The maximum Gasteiger partial charge on any atom is 0.325 e. The molecule has 1 fully saturated rings. The van der Waals surface area contributed by atoms with Gasteiger partial charge in [-0.05, 0) is 30.5 Å². The third kappa shape index (κ3) is 2.41. The summed E-state index contributed by atoms with van der Waals surface area (Å²) < 4.78 is 0. The minimum Gasteiger partial charge on any atom is -0.319 e. The minimum absolute atomic E-state index is 0.128. The number of amides is 3. The fourth-order valence-electron chi connectivity index (χ4n) is 2.23. The second kappa shape index (κ2) is 5.13. The Kier molecular flexibility index (Phi) is 3.43. The summed E-state index contributed by atoms with van der Waals surface area (Å²) >= 11 is 7.22. The van der Waals surface area contributed by atoms with Gasteiger partial charge in [-0.15, -0.1) is 11.3 Å². The highest BCUT2D eigenvalue weighted by Gasteiger charge is 2.49. The summed E-state index contributed by atoms with van der Waals surface area (Å²) in [5.41, 5.74) is -0.393. The molecule has 0 spiro atoms. The van der Waals surface area contributed by atoms with E-state index in [1.165, 1.54) is 22.4 Å². The first-order valence-electron chi connectivity index (χ1n) is 6.29. The van der Waals surface area contributed by atoms with Crippen LogP contribution in [0.3, 0.4) is 0 Å². The number of imide groups is 1. The number of nitrogens with zero attached hydrogens (tertiary/aromatic N) is 2. The number of carbonyl (C=O) groups is 2. The van der Waals surface area contributed by atoms with Crippen molar-refractivity contribution in [1.29, 1.82) is 0 Å². The van der Waals surface area contributed by atoms with Gasteiger partial charge in [-0.25, -0.2) is 4.79 Å². The number of rotatable bonds is 3. The molecule has 0 saturated carbocycles. The quantitative estimate of drug-likeness (QED) is 0.884. The van der Waals surface area contributed by atoms with E-state index in [4.69, 9.17) is 11.6 Å². The van der Waals surface area contributed by atoms with E-state index < -0.39 is 11.6 Å². The lowest BCUT2D eigenvalue weighted by Crippen LogP contribution is -2.40. The molecular weight excluding hydrogens is 310 g/mol. The summed E-state index contributed by atoms with van der Waals surface area (Å²) in [4.78, 5) is 30.8. The van der Waals surface area contributed by atoms with E-state index in [-0.39, 0.29) is 12.5 Å². The van der Waals surface area contributed by atoms with E-state index in [0.717, 1.165) is 4.88 Å². The van der Waals surface area contributed by atoms with E-state index in [9.17, 15) is 9.59 Å². The highest BCUT2D eigenvalue weighted by Crippen LogP contribution is 2.32. The first-order valence-corrected chi connectivity index (χ1v) is 7.55. The van der Waals surface area contributed by atoms with Gasteiger partial charge < -0.3 is 5.32 Å². The number of pyridine rings is 1. The zero-order valence-electron chi connectivity index (χ0n) is 11.2. The van der Waals surface area contributed by atoms with Crippen molar-refractivity contribution in [3.05, 3.63) is 51.4 Å². The second-order valence-corrected chi connectivity index (χ2v) is 6.28. The predicted molar refractivity (Wildman–Crippen MR) is 80.0 cm³/mol. The van der Waals surface area contributed by atoms with Crippen molar-refractivity contribution in [1.82, 2.24) is 15.2 Å². The van der Waals surface area contributed by atoms with Crippen LogP contribution in [-0.2, 0) is 16.9 Å². The largest absolute Gasteiger partial charge is 0.325 e. The van der Waals surface area contributed by atoms with Gasteiger partial charge in [0.05, 0.1) is 17.3 Å². The molecule has 5 nitrogen and oxygen atoms in total. The van der Waals surface area contributed by atoms with Crippen molar-refractivity contribution in [3.8, 4) is 0 Å². The molecule has 1 atom stereocenters. The van der Waals surface area contributed by atoms with Gasteiger partial charge in [-0.3, -0.25) is 14.7 Å². The third-order valence-electron chi connectivity index (χ3n) is 3.40. The Labute approximate surface area is 130 Å². The van der Waals surface area contributed by atoms with Crippen LogP contribution in [0.25, 0.3) is 0 Å². The average molecular weight is 322 g/mol. The van der Waals surface area contributed by atoms with Gasteiger partial charge in [-0.2, -0.15) is 0 Å². The summed E-state index contributed by atoms with van der Waals surface area (Å²) in [5.74, 6) is -0.272. The maximum atomic E-state index is 12.6. The van der Waals surface area contributed by atoms with Crippen LogP contribution in [0.5, 0.6) is 0 Å². The van der Waals surface area contributed by atoms with Crippen molar-refractivity contribution in [2.24, 2.45) is 0 Å². The number of urea groups is 1. The number of carbonyl (C=O) groups excluding carboxylic acids is 2. The highest BCUT2D eigenvalue weighted by molar-refractivity contribution is 7.10. The fourth-order valence-corrected chi connectivity index (χ4v) is 3.18. The molecule has 0 radical (unpaired) electrons. The van der Waals surface area contributed by atoms with E-state index in [0.29, 0.717) is 10.7 Å². The third-order valence-corrected chi connectivity index (χ3v) is 4.71. The number of hydrogen-bond donors (Lipinski definition) is 1. The second-order valence-electron chi connectivity index (χ2n) is 4.89. The van der Waals surface area contributed by atoms with Gasteiger partial charge in [-0.1, -0.05) is 17.7 Å². The Morgan fingerprint density at radius 1 is 1.38 bits per heavy atom. The van der Waals surface area contributed by atoms with Crippen molar-refractivity contribution >= 4 is 34.9 Å². The van der Waals surface area contributed by atoms with Gasteiger partial charge in [0, 0.05) is 11.1 Å². The zero-order valence-corrected chi connectivity index (χ0v) is 12.7. The number of nitrogens with one attached hydrogen (secondary N) is 1. The van der Waals surface area contributed by atoms with Crippen LogP contribution in [0.1, 0.15) is 17.5 Å². The van der Waals surface area contributed by atoms with Crippen molar-refractivity contribution < 1.29 is 9.59 Å². The molecule has 21 heavy (non-hydrogen) atoms. The van der Waals surface area contributed by atoms with Crippen LogP contribution < -0.4 is 5.32 Å². The maximum absolute atomic E-state index is 12.6. The molecule has 3 heterocycles. The normalized spacial score (nSPS) is 21.7. The Hall–Kier alpha value is -1.92. The van der Waals surface area contributed by atoms with Crippen LogP contribution in [0, 0.1) is 0 Å². The predicted octanol–water partition coefficient (Wildman–Crippen LogP) is 2.76. The molecule has 1 N–H and O–H groups in total. The van der Waals surface area contributed by atoms with E-state index in [1.807, 2.05) is 17.5 Å². The number of halogens is 1. The molecule has 3 rings (SSSR count). The summed E-state index contributed by atoms with van der Waals surface area (Å²) in [6.45, 7) is 1.84. The van der Waals surface area contributed by atoms with Crippen molar-refractivity contribution in [2.75, 3.05) is 0 Å². The Balaban J connectivity index is 1.86. The van der Waals surface area contributed by atoms with Crippen LogP contribution in [-0.4, -0.2) is 21.8 Å². The summed E-state index contributed by atoms with van der Waals surface area (Å²) in [7, 11) is 0. The van der Waals surface area contributed by atoms with Crippen LogP contribution >= 0.6 is 22.9 Å². The zero-order chi connectivity index (χ0) is 15.0. The Morgan fingerprint density at radius 3 is 2.81 bits per heavy atom. The lowest BCUT2D eigenvalue weighted by molar-refractivity contribution is -0.131. The van der Waals surface area contributed by atoms with Gasteiger partial charge in [0.15, 0.2) is 5.54 Å². The molecule has 2 aromatic heterocycles. The van der Waals surface area contributed by atoms with E-state index in [2.05, 4.69) is 10.3 Å². The number of thiophene rings is 1. The van der Waals surface area contributed by atoms with Crippen LogP contribution in [0.2, 0.25) is 5.02 Å². The van der Waals surface area contributed by atoms with Gasteiger partial charge in [0.25, 0.3) is 5.91 Å². The average Bonchev–Trinajstić information content (AvgIpc) is 3.06. The van der Waals surface area contributed by atoms with Gasteiger partial charge in [0.2, 0.25) is 0 Å². The minimum atomic E-state index is -1.00. The number of hydrogen-bond acceptors (Lipinski definition) is 4. The molecule has 2 aromatic rings. The lowest BCUT2D eigenvalue weighted by Gasteiger charge is -2.20. The Bertz CT molecular complexity index is 687. The molecule has 0 aliphatic carbocycles. The standard InChI is InChI=1S/C14H12ClN3O2S/c1-14(11-3-2-6-21-11)12(19)18(13(20)17-14)8-10-5-4-9(15)7-16-10/h2-7H,8H2,1H3,(H,17,20)/t14-/m0/s1. The molecule has 1 aliphatic heterocycles. The van der Waals surface area contributed by atoms with Crippen molar-refractivity contribution in [2.45, 2.75) is 19.0 Å². The Morgan fingerprint density at radius 2 is 2.19 bits per heavy atom. The molecule has 7 heteroatoms. The number of aromatic nitrogens is 1. The van der Waals surface area contributed by atoms with E-state index >= 15 is 0 Å². The molecule has 1 saturated heterocycles. The molecule has 1 aliphatic rings. The van der Waals surface area contributed by atoms with Gasteiger partial charge >= 0.3 is 6.03 Å². The highest BCUT2D eigenvalue weighted by atomic mass is 35.5. The molecule has 3 amide bonds. The SMILES string of the molecule is C[C@@]1(c2cccs2)NC(=O)N(Cc2ccc(Cl)cn2)C1=O. The smallest absolute Gasteiger partial charge is 0.319 e. The topological polar surface area (TPSA) is 62.3 Å². The first kappa shape index (κ1) is 14.0. The molecular formula is C14H12ClN3O2S. The van der Waals surface area contributed by atoms with Gasteiger partial charge in [0.1, 0.15) is 0 Å². The fraction of sp³-hybridized carbons (Fsp3) is 0.214. The summed E-state index contributed by atoms with van der Waals surface area (Å²) in [5, 5.41) is 5.15. The lowest BCUT2D eigenvalue weighted by atomic mass is 10.0. The van der Waals surface area contributed by atoms with E-state index in [1.54, 1.807) is 19.1 Å². The molecule has 0 bridgehead atoms.